The Hall–Kier alpha value is -1.29. The minimum Gasteiger partial charge on any atom is -0.454 e. The molecule has 3 rings (SSSR count). The number of benzene rings is 1. The fourth-order valence-electron chi connectivity index (χ4n) is 2.02. The number of nitrogens with two attached hydrogens (primary N) is 1. The number of hydrogen-bond acceptors (Lipinski definition) is 3. The first-order chi connectivity index (χ1) is 7.68. The van der Waals surface area contributed by atoms with Crippen molar-refractivity contribution in [2.45, 2.75) is 31.2 Å². The van der Waals surface area contributed by atoms with E-state index in [9.17, 15) is 4.39 Å². The van der Waals surface area contributed by atoms with Gasteiger partial charge in [0.2, 0.25) is 6.79 Å². The van der Waals surface area contributed by atoms with Gasteiger partial charge in [-0.3, -0.25) is 0 Å². The van der Waals surface area contributed by atoms with Crippen LogP contribution < -0.4 is 15.2 Å². The van der Waals surface area contributed by atoms with Crippen LogP contribution in [0.4, 0.5) is 4.39 Å². The van der Waals surface area contributed by atoms with Crippen LogP contribution in [-0.4, -0.2) is 12.3 Å². The predicted molar refractivity (Wildman–Crippen MR) is 57.0 cm³/mol. The first kappa shape index (κ1) is 9.90. The highest BCUT2D eigenvalue weighted by molar-refractivity contribution is 5.49. The molecular weight excluding hydrogens is 209 g/mol. The highest BCUT2D eigenvalue weighted by atomic mass is 19.1. The van der Waals surface area contributed by atoms with Crippen molar-refractivity contribution in [1.29, 1.82) is 0 Å². The Kier molecular flexibility index (Phi) is 2.07. The minimum atomic E-state index is -0.228. The van der Waals surface area contributed by atoms with Crippen molar-refractivity contribution in [3.05, 3.63) is 23.5 Å². The van der Waals surface area contributed by atoms with Crippen molar-refractivity contribution in [2.24, 2.45) is 5.73 Å². The molecule has 0 radical (unpaired) electrons. The van der Waals surface area contributed by atoms with Gasteiger partial charge >= 0.3 is 0 Å². The zero-order chi connectivity index (χ0) is 11.2. The van der Waals surface area contributed by atoms with Crippen LogP contribution in [0.15, 0.2) is 12.1 Å². The van der Waals surface area contributed by atoms with Crippen molar-refractivity contribution < 1.29 is 13.9 Å². The van der Waals surface area contributed by atoms with Gasteiger partial charge < -0.3 is 15.2 Å². The molecular formula is C12H14FNO2. The molecule has 1 aliphatic carbocycles. The van der Waals surface area contributed by atoms with E-state index in [1.807, 2.05) is 0 Å². The van der Waals surface area contributed by atoms with Gasteiger partial charge in [0, 0.05) is 11.1 Å². The van der Waals surface area contributed by atoms with Crippen LogP contribution in [-0.2, 0) is 6.42 Å². The molecule has 3 nitrogen and oxygen atoms in total. The normalized spacial score (nSPS) is 19.9. The SMILES string of the molecule is NC1(CCc2c(F)ccc3c2OCO3)CC1. The van der Waals surface area contributed by atoms with Gasteiger partial charge in [0.15, 0.2) is 11.5 Å². The molecule has 2 aliphatic rings. The minimum absolute atomic E-state index is 0.0609. The van der Waals surface area contributed by atoms with E-state index < -0.39 is 0 Å². The third-order valence-electron chi connectivity index (χ3n) is 3.35. The molecule has 0 saturated heterocycles. The zero-order valence-electron chi connectivity index (χ0n) is 8.96. The maximum absolute atomic E-state index is 13.7. The third kappa shape index (κ3) is 1.63. The molecule has 1 aromatic carbocycles. The lowest BCUT2D eigenvalue weighted by Gasteiger charge is -2.10. The highest BCUT2D eigenvalue weighted by Gasteiger charge is 2.38. The lowest BCUT2D eigenvalue weighted by molar-refractivity contribution is 0.173. The van der Waals surface area contributed by atoms with E-state index in [0.717, 1.165) is 19.3 Å². The zero-order valence-corrected chi connectivity index (χ0v) is 8.96. The van der Waals surface area contributed by atoms with Gasteiger partial charge in [-0.05, 0) is 37.8 Å². The summed E-state index contributed by atoms with van der Waals surface area (Å²) in [5.74, 6) is 0.969. The summed E-state index contributed by atoms with van der Waals surface area (Å²) in [4.78, 5) is 0. The summed E-state index contributed by atoms with van der Waals surface area (Å²) in [7, 11) is 0. The number of ether oxygens (including phenoxy) is 2. The lowest BCUT2D eigenvalue weighted by atomic mass is 10.0. The number of halogens is 1. The highest BCUT2D eigenvalue weighted by Crippen LogP contribution is 2.41. The molecule has 4 heteroatoms. The molecule has 1 aliphatic heterocycles. The Morgan fingerprint density at radius 2 is 2.12 bits per heavy atom. The van der Waals surface area contributed by atoms with Gasteiger partial charge in [-0.15, -0.1) is 0 Å². The van der Waals surface area contributed by atoms with Crippen LogP contribution in [0.1, 0.15) is 24.8 Å². The Morgan fingerprint density at radius 1 is 1.31 bits per heavy atom. The molecule has 1 heterocycles. The van der Waals surface area contributed by atoms with Crippen molar-refractivity contribution >= 4 is 0 Å². The molecule has 0 bridgehead atoms. The molecule has 0 spiro atoms. The van der Waals surface area contributed by atoms with E-state index in [0.29, 0.717) is 23.5 Å². The molecule has 1 fully saturated rings. The second kappa shape index (κ2) is 3.35. The molecule has 0 atom stereocenters. The maximum atomic E-state index is 13.7. The standard InChI is InChI=1S/C12H14FNO2/c13-9-1-2-10-11(16-7-15-10)8(9)3-4-12(14)5-6-12/h1-2H,3-7,14H2. The van der Waals surface area contributed by atoms with Gasteiger partial charge in [-0.2, -0.15) is 0 Å². The van der Waals surface area contributed by atoms with E-state index in [2.05, 4.69) is 0 Å². The number of hydrogen-bond donors (Lipinski definition) is 1. The van der Waals surface area contributed by atoms with Gasteiger partial charge in [0.25, 0.3) is 0 Å². The summed E-state index contributed by atoms with van der Waals surface area (Å²) in [6, 6.07) is 3.04. The maximum Gasteiger partial charge on any atom is 0.231 e. The average molecular weight is 223 g/mol. The molecule has 1 saturated carbocycles. The van der Waals surface area contributed by atoms with Crippen molar-refractivity contribution in [1.82, 2.24) is 0 Å². The molecule has 0 aromatic heterocycles. The predicted octanol–water partition coefficient (Wildman–Crippen LogP) is 1.98. The van der Waals surface area contributed by atoms with Crippen LogP contribution in [0.25, 0.3) is 0 Å². The second-order valence-corrected chi connectivity index (χ2v) is 4.62. The molecule has 16 heavy (non-hydrogen) atoms. The largest absolute Gasteiger partial charge is 0.454 e. The summed E-state index contributed by atoms with van der Waals surface area (Å²) < 4.78 is 24.2. The average Bonchev–Trinajstić information content (AvgIpc) is 2.81. The van der Waals surface area contributed by atoms with E-state index in [1.165, 1.54) is 6.07 Å². The molecule has 2 N–H and O–H groups in total. The Bertz CT molecular complexity index is 429. The van der Waals surface area contributed by atoms with Crippen LogP contribution in [0.5, 0.6) is 11.5 Å². The molecule has 1 aromatic rings. The first-order valence-corrected chi connectivity index (χ1v) is 5.54. The van der Waals surface area contributed by atoms with E-state index in [-0.39, 0.29) is 18.1 Å². The molecule has 0 amide bonds. The summed E-state index contributed by atoms with van der Waals surface area (Å²) >= 11 is 0. The molecule has 0 unspecified atom stereocenters. The smallest absolute Gasteiger partial charge is 0.231 e. The van der Waals surface area contributed by atoms with Crippen LogP contribution in [0.3, 0.4) is 0 Å². The van der Waals surface area contributed by atoms with E-state index in [4.69, 9.17) is 15.2 Å². The van der Waals surface area contributed by atoms with Gasteiger partial charge in [-0.25, -0.2) is 4.39 Å². The topological polar surface area (TPSA) is 44.5 Å². The Morgan fingerprint density at radius 3 is 2.88 bits per heavy atom. The summed E-state index contributed by atoms with van der Waals surface area (Å²) in [5, 5.41) is 0. The Labute approximate surface area is 93.3 Å². The summed E-state index contributed by atoms with van der Waals surface area (Å²) in [6.07, 6.45) is 3.51. The van der Waals surface area contributed by atoms with Crippen LogP contribution in [0, 0.1) is 5.82 Å². The lowest BCUT2D eigenvalue weighted by Crippen LogP contribution is -2.22. The molecule has 86 valence electrons. The quantitative estimate of drug-likeness (QED) is 0.852. The third-order valence-corrected chi connectivity index (χ3v) is 3.35. The fraction of sp³-hybridized carbons (Fsp3) is 0.500. The van der Waals surface area contributed by atoms with Gasteiger partial charge in [0.1, 0.15) is 5.82 Å². The van der Waals surface area contributed by atoms with Crippen LogP contribution in [0.2, 0.25) is 0 Å². The van der Waals surface area contributed by atoms with Gasteiger partial charge in [-0.1, -0.05) is 0 Å². The van der Waals surface area contributed by atoms with Gasteiger partial charge in [0.05, 0.1) is 0 Å². The summed E-state index contributed by atoms with van der Waals surface area (Å²) in [5.41, 5.74) is 6.54. The summed E-state index contributed by atoms with van der Waals surface area (Å²) in [6.45, 7) is 0.180. The Balaban J connectivity index is 1.84. The van der Waals surface area contributed by atoms with E-state index >= 15 is 0 Å². The van der Waals surface area contributed by atoms with Crippen LogP contribution >= 0.6 is 0 Å². The first-order valence-electron chi connectivity index (χ1n) is 5.54. The number of fused-ring (bicyclic) bond motifs is 1. The monoisotopic (exact) mass is 223 g/mol. The van der Waals surface area contributed by atoms with Crippen molar-refractivity contribution in [3.8, 4) is 11.5 Å². The van der Waals surface area contributed by atoms with Crippen molar-refractivity contribution in [3.63, 3.8) is 0 Å². The van der Waals surface area contributed by atoms with Crippen molar-refractivity contribution in [2.75, 3.05) is 6.79 Å². The second-order valence-electron chi connectivity index (χ2n) is 4.62. The van der Waals surface area contributed by atoms with E-state index in [1.54, 1.807) is 6.07 Å². The number of rotatable bonds is 3. The fourth-order valence-corrected chi connectivity index (χ4v) is 2.02.